The Labute approximate surface area is 95.9 Å². The number of nitrogens with zero attached hydrogens (tertiary/aromatic N) is 1. The van der Waals surface area contributed by atoms with Crippen molar-refractivity contribution < 1.29 is 4.74 Å². The van der Waals surface area contributed by atoms with Crippen LogP contribution in [0.15, 0.2) is 48.7 Å². The summed E-state index contributed by atoms with van der Waals surface area (Å²) in [5.74, 6) is 0. The quantitative estimate of drug-likeness (QED) is 0.781. The molecule has 1 aromatic heterocycles. The van der Waals surface area contributed by atoms with Gasteiger partial charge in [-0.15, -0.1) is 0 Å². The van der Waals surface area contributed by atoms with Gasteiger partial charge in [-0.3, -0.25) is 4.98 Å². The van der Waals surface area contributed by atoms with Crippen LogP contribution in [0.2, 0.25) is 0 Å². The highest BCUT2D eigenvalue weighted by molar-refractivity contribution is 5.31. The summed E-state index contributed by atoms with van der Waals surface area (Å²) in [7, 11) is 1.73. The smallest absolute Gasteiger partial charge is 0.109 e. The van der Waals surface area contributed by atoms with Crippen molar-refractivity contribution in [2.24, 2.45) is 0 Å². The van der Waals surface area contributed by atoms with Gasteiger partial charge < -0.3 is 4.74 Å². The maximum atomic E-state index is 5.56. The molecule has 1 aromatic carbocycles. The molecular formula is C14H15NO. The second kappa shape index (κ2) is 4.90. The molecule has 16 heavy (non-hydrogen) atoms. The number of rotatable bonds is 3. The summed E-state index contributed by atoms with van der Waals surface area (Å²) in [6, 6.07) is 14.2. The van der Waals surface area contributed by atoms with E-state index in [1.54, 1.807) is 13.3 Å². The van der Waals surface area contributed by atoms with E-state index >= 15 is 0 Å². The number of ether oxygens (including phenoxy) is 1. The fourth-order valence-corrected chi connectivity index (χ4v) is 1.84. The molecule has 0 spiro atoms. The minimum atomic E-state index is -0.0325. The molecule has 0 aliphatic heterocycles. The summed E-state index contributed by atoms with van der Waals surface area (Å²) in [6.45, 7) is 2.00. The summed E-state index contributed by atoms with van der Waals surface area (Å²) in [5.41, 5.74) is 3.29. The lowest BCUT2D eigenvalue weighted by Gasteiger charge is -2.17. The van der Waals surface area contributed by atoms with Crippen LogP contribution in [0.5, 0.6) is 0 Å². The number of benzene rings is 1. The number of hydrogen-bond donors (Lipinski definition) is 0. The van der Waals surface area contributed by atoms with E-state index in [1.165, 1.54) is 0 Å². The molecule has 1 atom stereocenters. The first kappa shape index (κ1) is 10.8. The van der Waals surface area contributed by atoms with Gasteiger partial charge in [0.05, 0.1) is 0 Å². The number of hydrogen-bond acceptors (Lipinski definition) is 2. The molecule has 82 valence electrons. The summed E-state index contributed by atoms with van der Waals surface area (Å²) in [5, 5.41) is 0. The zero-order chi connectivity index (χ0) is 11.4. The Morgan fingerprint density at radius 3 is 2.44 bits per heavy atom. The van der Waals surface area contributed by atoms with E-state index in [2.05, 4.69) is 23.2 Å². The molecule has 2 heteroatoms. The third-order valence-corrected chi connectivity index (χ3v) is 2.67. The van der Waals surface area contributed by atoms with Gasteiger partial charge in [0.1, 0.15) is 6.10 Å². The van der Waals surface area contributed by atoms with Crippen LogP contribution in [0.4, 0.5) is 0 Å². The zero-order valence-corrected chi connectivity index (χ0v) is 9.55. The first-order chi connectivity index (χ1) is 7.83. The van der Waals surface area contributed by atoms with E-state index in [4.69, 9.17) is 4.74 Å². The number of aryl methyl sites for hydroxylation is 1. The van der Waals surface area contributed by atoms with Crippen LogP contribution in [-0.2, 0) is 4.74 Å². The minimum absolute atomic E-state index is 0.0325. The highest BCUT2D eigenvalue weighted by Gasteiger charge is 2.14. The van der Waals surface area contributed by atoms with Crippen molar-refractivity contribution in [3.05, 3.63) is 65.5 Å². The van der Waals surface area contributed by atoms with E-state index in [0.29, 0.717) is 0 Å². The molecule has 0 amide bonds. The van der Waals surface area contributed by atoms with Crippen molar-refractivity contribution in [1.29, 1.82) is 0 Å². The van der Waals surface area contributed by atoms with Gasteiger partial charge in [-0.25, -0.2) is 0 Å². The van der Waals surface area contributed by atoms with Crippen molar-refractivity contribution in [2.75, 3.05) is 7.11 Å². The topological polar surface area (TPSA) is 22.1 Å². The predicted octanol–water partition coefficient (Wildman–Crippen LogP) is 3.13. The lowest BCUT2D eigenvalue weighted by Crippen LogP contribution is -2.06. The van der Waals surface area contributed by atoms with Crippen LogP contribution in [0.1, 0.15) is 22.9 Å². The average molecular weight is 213 g/mol. The number of pyridine rings is 1. The number of aromatic nitrogens is 1. The maximum absolute atomic E-state index is 5.56. The molecule has 0 radical (unpaired) electrons. The fraction of sp³-hybridized carbons (Fsp3) is 0.214. The van der Waals surface area contributed by atoms with Crippen LogP contribution in [0, 0.1) is 6.92 Å². The summed E-state index contributed by atoms with van der Waals surface area (Å²) < 4.78 is 5.56. The SMILES string of the molecule is COC(c1ccccc1)c1cccnc1C. The van der Waals surface area contributed by atoms with Gasteiger partial charge in [-0.1, -0.05) is 36.4 Å². The first-order valence-electron chi connectivity index (χ1n) is 5.32. The van der Waals surface area contributed by atoms with Gasteiger partial charge in [0.2, 0.25) is 0 Å². The van der Waals surface area contributed by atoms with Crippen LogP contribution < -0.4 is 0 Å². The molecule has 2 nitrogen and oxygen atoms in total. The lowest BCUT2D eigenvalue weighted by atomic mass is 10.0. The van der Waals surface area contributed by atoms with Gasteiger partial charge in [-0.05, 0) is 18.6 Å². The van der Waals surface area contributed by atoms with E-state index < -0.39 is 0 Å². The molecule has 0 fully saturated rings. The van der Waals surface area contributed by atoms with Crippen LogP contribution in [0.25, 0.3) is 0 Å². The van der Waals surface area contributed by atoms with Crippen LogP contribution >= 0.6 is 0 Å². The zero-order valence-electron chi connectivity index (χ0n) is 9.55. The largest absolute Gasteiger partial charge is 0.372 e. The Morgan fingerprint density at radius 2 is 1.81 bits per heavy atom. The van der Waals surface area contributed by atoms with Gasteiger partial charge in [0.15, 0.2) is 0 Å². The second-order valence-electron chi connectivity index (χ2n) is 3.70. The fourth-order valence-electron chi connectivity index (χ4n) is 1.84. The average Bonchev–Trinajstić information content (AvgIpc) is 2.34. The van der Waals surface area contributed by atoms with Crippen molar-refractivity contribution >= 4 is 0 Å². The Morgan fingerprint density at radius 1 is 1.06 bits per heavy atom. The van der Waals surface area contributed by atoms with Crippen LogP contribution in [-0.4, -0.2) is 12.1 Å². The van der Waals surface area contributed by atoms with Gasteiger partial charge >= 0.3 is 0 Å². The first-order valence-corrected chi connectivity index (χ1v) is 5.32. The molecular weight excluding hydrogens is 198 g/mol. The molecule has 2 aromatic rings. The molecule has 0 saturated heterocycles. The van der Waals surface area contributed by atoms with Crippen molar-refractivity contribution in [2.45, 2.75) is 13.0 Å². The van der Waals surface area contributed by atoms with E-state index in [9.17, 15) is 0 Å². The Balaban J connectivity index is 2.41. The Bertz CT molecular complexity index is 453. The molecule has 0 aliphatic rings. The minimum Gasteiger partial charge on any atom is -0.372 e. The highest BCUT2D eigenvalue weighted by Crippen LogP contribution is 2.26. The van der Waals surface area contributed by atoms with Gasteiger partial charge in [0.25, 0.3) is 0 Å². The number of methoxy groups -OCH3 is 1. The highest BCUT2D eigenvalue weighted by atomic mass is 16.5. The van der Waals surface area contributed by atoms with Gasteiger partial charge in [-0.2, -0.15) is 0 Å². The molecule has 1 heterocycles. The van der Waals surface area contributed by atoms with E-state index in [-0.39, 0.29) is 6.10 Å². The van der Waals surface area contributed by atoms with E-state index in [0.717, 1.165) is 16.8 Å². The molecule has 0 aliphatic carbocycles. The molecule has 1 unspecified atom stereocenters. The van der Waals surface area contributed by atoms with Crippen molar-refractivity contribution in [3.8, 4) is 0 Å². The summed E-state index contributed by atoms with van der Waals surface area (Å²) >= 11 is 0. The van der Waals surface area contributed by atoms with Gasteiger partial charge in [0, 0.05) is 24.6 Å². The summed E-state index contributed by atoms with van der Waals surface area (Å²) in [6.07, 6.45) is 1.77. The third kappa shape index (κ3) is 2.12. The van der Waals surface area contributed by atoms with Crippen LogP contribution in [0.3, 0.4) is 0 Å². The normalized spacial score (nSPS) is 12.4. The second-order valence-corrected chi connectivity index (χ2v) is 3.70. The monoisotopic (exact) mass is 213 g/mol. The Kier molecular flexibility index (Phi) is 3.32. The molecule has 0 saturated carbocycles. The standard InChI is InChI=1S/C14H15NO/c1-11-13(9-6-10-15-11)14(16-2)12-7-4-3-5-8-12/h3-10,14H,1-2H3. The molecule has 0 N–H and O–H groups in total. The lowest BCUT2D eigenvalue weighted by molar-refractivity contribution is 0.135. The van der Waals surface area contributed by atoms with Crippen molar-refractivity contribution in [3.63, 3.8) is 0 Å². The van der Waals surface area contributed by atoms with E-state index in [1.807, 2.05) is 31.2 Å². The van der Waals surface area contributed by atoms with Crippen molar-refractivity contribution in [1.82, 2.24) is 4.98 Å². The third-order valence-electron chi connectivity index (χ3n) is 2.67. The molecule has 2 rings (SSSR count). The maximum Gasteiger partial charge on any atom is 0.109 e. The Hall–Kier alpha value is -1.67. The summed E-state index contributed by atoms with van der Waals surface area (Å²) in [4.78, 5) is 4.29. The predicted molar refractivity (Wildman–Crippen MR) is 64.3 cm³/mol. The molecule has 0 bridgehead atoms.